The van der Waals surface area contributed by atoms with Crippen molar-refractivity contribution in [2.24, 2.45) is 5.73 Å². The van der Waals surface area contributed by atoms with E-state index in [9.17, 15) is 8.78 Å². The topological polar surface area (TPSA) is 47.3 Å². The van der Waals surface area contributed by atoms with Crippen LogP contribution in [-0.2, 0) is 5.41 Å². The molecule has 0 bridgehead atoms. The van der Waals surface area contributed by atoms with Crippen molar-refractivity contribution in [2.45, 2.75) is 19.0 Å². The van der Waals surface area contributed by atoms with E-state index in [4.69, 9.17) is 5.73 Å². The molecule has 2 aromatic rings. The average Bonchev–Trinajstić information content (AvgIpc) is 2.92. The summed E-state index contributed by atoms with van der Waals surface area (Å²) < 4.78 is 30.5. The molecule has 0 saturated carbocycles. The Labute approximate surface area is 147 Å². The van der Waals surface area contributed by atoms with Crippen molar-refractivity contribution in [3.05, 3.63) is 75.5 Å². The quantitative estimate of drug-likeness (QED) is 0.822. The summed E-state index contributed by atoms with van der Waals surface area (Å²) in [4.78, 5) is 0. The smallest absolute Gasteiger partial charge is 0.387 e. The molecule has 6 heteroatoms. The van der Waals surface area contributed by atoms with Crippen molar-refractivity contribution in [2.75, 3.05) is 6.54 Å². The number of hydrogen-bond acceptors (Lipinski definition) is 3. The number of aryl methyl sites for hydroxylation is 1. The first-order valence-corrected chi connectivity index (χ1v) is 8.24. The van der Waals surface area contributed by atoms with Crippen molar-refractivity contribution in [1.29, 1.82) is 0 Å². The second kappa shape index (κ2) is 6.43. The third-order valence-corrected chi connectivity index (χ3v) is 4.71. The maximum absolute atomic E-state index is 12.5. The van der Waals surface area contributed by atoms with Crippen molar-refractivity contribution >= 4 is 15.9 Å². The number of hydrogen-bond donors (Lipinski definition) is 2. The fourth-order valence-electron chi connectivity index (χ4n) is 3.07. The number of benzene rings is 2. The van der Waals surface area contributed by atoms with Gasteiger partial charge in [-0.2, -0.15) is 8.78 Å². The third kappa shape index (κ3) is 3.11. The van der Waals surface area contributed by atoms with Crippen LogP contribution in [0.3, 0.4) is 0 Å². The molecule has 0 spiro atoms. The molecule has 1 atom stereocenters. The Balaban J connectivity index is 2.10. The van der Waals surface area contributed by atoms with E-state index in [1.54, 1.807) is 13.0 Å². The summed E-state index contributed by atoms with van der Waals surface area (Å²) >= 11 is 3.50. The minimum absolute atomic E-state index is 0.182. The zero-order valence-electron chi connectivity index (χ0n) is 13.0. The van der Waals surface area contributed by atoms with Gasteiger partial charge in [0.15, 0.2) is 0 Å². The minimum atomic E-state index is -2.84. The van der Waals surface area contributed by atoms with E-state index in [2.05, 4.69) is 26.0 Å². The Morgan fingerprint density at radius 3 is 2.54 bits per heavy atom. The van der Waals surface area contributed by atoms with Crippen LogP contribution >= 0.6 is 15.9 Å². The molecule has 0 saturated heterocycles. The number of rotatable bonds is 4. The van der Waals surface area contributed by atoms with Gasteiger partial charge >= 0.3 is 6.61 Å². The zero-order valence-corrected chi connectivity index (χ0v) is 14.6. The van der Waals surface area contributed by atoms with Crippen LogP contribution in [0.5, 0.6) is 5.75 Å². The summed E-state index contributed by atoms with van der Waals surface area (Å²) in [7, 11) is 0. The molecule has 0 aliphatic carbocycles. The van der Waals surface area contributed by atoms with Gasteiger partial charge in [0.2, 0.25) is 0 Å². The van der Waals surface area contributed by atoms with E-state index in [0.717, 1.165) is 15.6 Å². The molecule has 0 aromatic heterocycles. The molecule has 2 aromatic carbocycles. The Morgan fingerprint density at radius 1 is 1.21 bits per heavy atom. The lowest BCUT2D eigenvalue weighted by Gasteiger charge is -2.29. The summed E-state index contributed by atoms with van der Waals surface area (Å²) in [6.45, 7) is -0.480. The Morgan fingerprint density at radius 2 is 1.96 bits per heavy atom. The van der Waals surface area contributed by atoms with Gasteiger partial charge in [-0.15, -0.1) is 0 Å². The average molecular weight is 395 g/mol. The summed E-state index contributed by atoms with van der Waals surface area (Å²) in [5.74, 6) is 0.779. The maximum atomic E-state index is 12.5. The van der Waals surface area contributed by atoms with Gasteiger partial charge in [-0.1, -0.05) is 40.2 Å². The van der Waals surface area contributed by atoms with Crippen LogP contribution in [0.1, 0.15) is 16.7 Å². The predicted octanol–water partition coefficient (Wildman–Crippen LogP) is 4.05. The highest BCUT2D eigenvalue weighted by molar-refractivity contribution is 9.10. The minimum Gasteiger partial charge on any atom is -0.435 e. The monoisotopic (exact) mass is 394 g/mol. The molecule has 0 fully saturated rings. The first kappa shape index (κ1) is 16.8. The van der Waals surface area contributed by atoms with Crippen LogP contribution in [0.2, 0.25) is 0 Å². The van der Waals surface area contributed by atoms with Gasteiger partial charge in [-0.05, 0) is 47.9 Å². The highest BCUT2D eigenvalue weighted by atomic mass is 79.9. The normalized spacial score (nSPS) is 20.0. The highest BCUT2D eigenvalue weighted by Crippen LogP contribution is 2.39. The molecular weight excluding hydrogens is 378 g/mol. The van der Waals surface area contributed by atoms with Crippen molar-refractivity contribution in [3.8, 4) is 5.75 Å². The van der Waals surface area contributed by atoms with Crippen molar-refractivity contribution < 1.29 is 13.5 Å². The molecule has 3 N–H and O–H groups in total. The van der Waals surface area contributed by atoms with E-state index >= 15 is 0 Å². The first-order chi connectivity index (χ1) is 11.4. The summed E-state index contributed by atoms with van der Waals surface area (Å²) in [6.07, 6.45) is 1.97. The van der Waals surface area contributed by atoms with Crippen LogP contribution in [0.15, 0.2) is 58.8 Å². The summed E-state index contributed by atoms with van der Waals surface area (Å²) in [5.41, 5.74) is 8.20. The molecule has 1 aliphatic rings. The van der Waals surface area contributed by atoms with Crippen LogP contribution in [0.4, 0.5) is 8.78 Å². The number of nitrogens with one attached hydrogen (secondary N) is 1. The number of nitrogens with two attached hydrogens (primary N) is 1. The predicted molar refractivity (Wildman–Crippen MR) is 93.0 cm³/mol. The van der Waals surface area contributed by atoms with Gasteiger partial charge in [0, 0.05) is 11.0 Å². The van der Waals surface area contributed by atoms with Crippen molar-refractivity contribution in [1.82, 2.24) is 5.32 Å². The van der Waals surface area contributed by atoms with Gasteiger partial charge in [0.25, 0.3) is 0 Å². The van der Waals surface area contributed by atoms with Crippen LogP contribution < -0.4 is 15.8 Å². The molecule has 0 amide bonds. The van der Waals surface area contributed by atoms with Gasteiger partial charge in [-0.25, -0.2) is 0 Å². The lowest BCUT2D eigenvalue weighted by atomic mass is 9.75. The van der Waals surface area contributed by atoms with Gasteiger partial charge in [0.1, 0.15) is 5.75 Å². The highest BCUT2D eigenvalue weighted by Gasteiger charge is 2.36. The largest absolute Gasteiger partial charge is 0.435 e. The first-order valence-electron chi connectivity index (χ1n) is 7.45. The lowest BCUT2D eigenvalue weighted by Crippen LogP contribution is -2.31. The van der Waals surface area contributed by atoms with Gasteiger partial charge < -0.3 is 15.8 Å². The molecule has 24 heavy (non-hydrogen) atoms. The summed E-state index contributed by atoms with van der Waals surface area (Å²) in [6, 6.07) is 13.2. The Kier molecular flexibility index (Phi) is 4.49. The fourth-order valence-corrected chi connectivity index (χ4v) is 3.47. The van der Waals surface area contributed by atoms with Crippen LogP contribution in [0.25, 0.3) is 0 Å². The van der Waals surface area contributed by atoms with E-state index in [-0.39, 0.29) is 5.75 Å². The summed E-state index contributed by atoms with van der Waals surface area (Å²) in [5, 5.41) is 3.17. The fraction of sp³-hybridized carbons (Fsp3) is 0.222. The second-order valence-corrected chi connectivity index (χ2v) is 6.71. The lowest BCUT2D eigenvalue weighted by molar-refractivity contribution is -0.0503. The number of alkyl halides is 2. The third-order valence-electron chi connectivity index (χ3n) is 4.22. The van der Waals surface area contributed by atoms with Gasteiger partial charge in [0.05, 0.1) is 11.2 Å². The van der Waals surface area contributed by atoms with Gasteiger partial charge in [-0.3, -0.25) is 0 Å². The molecule has 0 radical (unpaired) electrons. The molecule has 0 unspecified atom stereocenters. The SMILES string of the molecule is Cc1cc([C@]2(c3cccc(Br)c3)C=C(N)NC2)ccc1OC(F)F. The van der Waals surface area contributed by atoms with Crippen LogP contribution in [-0.4, -0.2) is 13.2 Å². The van der Waals surface area contributed by atoms with E-state index in [1.807, 2.05) is 42.5 Å². The molecule has 3 nitrogen and oxygen atoms in total. The molecule has 1 heterocycles. The number of ether oxygens (including phenoxy) is 1. The molecular formula is C18H17BrF2N2O. The Bertz CT molecular complexity index is 794. The maximum Gasteiger partial charge on any atom is 0.387 e. The van der Waals surface area contributed by atoms with E-state index in [0.29, 0.717) is 17.9 Å². The second-order valence-electron chi connectivity index (χ2n) is 5.79. The molecule has 3 rings (SSSR count). The van der Waals surface area contributed by atoms with E-state index in [1.165, 1.54) is 0 Å². The standard InChI is InChI=1S/C18H17BrF2N2O/c1-11-7-13(5-6-15(11)24-17(20)21)18(9-16(22)23-10-18)12-3-2-4-14(19)8-12/h2-9,17,23H,10,22H2,1H3/t18-/m1/s1. The number of halogens is 3. The van der Waals surface area contributed by atoms with Crippen LogP contribution in [0, 0.1) is 6.92 Å². The van der Waals surface area contributed by atoms with Crippen molar-refractivity contribution in [3.63, 3.8) is 0 Å². The zero-order chi connectivity index (χ0) is 17.3. The Hall–Kier alpha value is -2.08. The molecule has 126 valence electrons. The molecule has 1 aliphatic heterocycles. The van der Waals surface area contributed by atoms with E-state index < -0.39 is 12.0 Å².